The highest BCUT2D eigenvalue weighted by atomic mass is 32.1. The Morgan fingerprint density at radius 3 is 2.64 bits per heavy atom. The maximum Gasteiger partial charge on any atom is 0.350 e. The van der Waals surface area contributed by atoms with Gasteiger partial charge in [-0.1, -0.05) is 6.07 Å². The molecule has 8 heteroatoms. The first-order valence-electron chi connectivity index (χ1n) is 6.29. The van der Waals surface area contributed by atoms with E-state index < -0.39 is 17.8 Å². The Morgan fingerprint density at radius 2 is 2.05 bits per heavy atom. The highest BCUT2D eigenvalue weighted by molar-refractivity contribution is 7.22. The molecule has 0 fully saturated rings. The molecule has 0 saturated heterocycles. The molecule has 0 saturated carbocycles. The molecule has 0 aliphatic heterocycles. The van der Waals surface area contributed by atoms with Crippen LogP contribution in [0, 0.1) is 0 Å². The van der Waals surface area contributed by atoms with Gasteiger partial charge in [0.05, 0.1) is 19.2 Å². The van der Waals surface area contributed by atoms with Crippen LogP contribution in [0.4, 0.5) is 5.69 Å². The van der Waals surface area contributed by atoms with Crippen LogP contribution in [0.3, 0.4) is 0 Å². The summed E-state index contributed by atoms with van der Waals surface area (Å²) >= 11 is 2.74. The number of aliphatic carboxylic acids is 1. The lowest BCUT2D eigenvalue weighted by molar-refractivity contribution is -0.138. The third-order valence-corrected chi connectivity index (χ3v) is 4.89. The number of thiophene rings is 2. The van der Waals surface area contributed by atoms with Gasteiger partial charge in [-0.05, 0) is 17.5 Å². The minimum Gasteiger partial charge on any atom is -0.481 e. The van der Waals surface area contributed by atoms with Gasteiger partial charge < -0.3 is 15.2 Å². The molecule has 22 heavy (non-hydrogen) atoms. The fourth-order valence-corrected chi connectivity index (χ4v) is 3.56. The summed E-state index contributed by atoms with van der Waals surface area (Å²) in [6, 6.07) is 5.50. The second kappa shape index (κ2) is 7.19. The Morgan fingerprint density at radius 1 is 1.27 bits per heavy atom. The topological polar surface area (TPSA) is 92.7 Å². The Hall–Kier alpha value is -2.19. The van der Waals surface area contributed by atoms with Crippen molar-refractivity contribution in [2.24, 2.45) is 0 Å². The van der Waals surface area contributed by atoms with Crippen molar-refractivity contribution in [1.82, 2.24) is 0 Å². The number of ether oxygens (including phenoxy) is 1. The molecular formula is C14H13NO5S2. The van der Waals surface area contributed by atoms with Crippen LogP contribution < -0.4 is 5.32 Å². The predicted octanol–water partition coefficient (Wildman–Crippen LogP) is 3.07. The first-order chi connectivity index (χ1) is 10.5. The Balaban J connectivity index is 2.23. The van der Waals surface area contributed by atoms with Gasteiger partial charge in [0.1, 0.15) is 4.88 Å². The molecule has 2 heterocycles. The summed E-state index contributed by atoms with van der Waals surface area (Å²) in [4.78, 5) is 36.2. The number of hydrogen-bond acceptors (Lipinski definition) is 6. The maximum absolute atomic E-state index is 11.8. The van der Waals surface area contributed by atoms with Gasteiger partial charge in [0, 0.05) is 16.2 Å². The summed E-state index contributed by atoms with van der Waals surface area (Å²) in [5.41, 5.74) is 0.343. The highest BCUT2D eigenvalue weighted by Gasteiger charge is 2.20. The number of rotatable bonds is 6. The average Bonchev–Trinajstić information content (AvgIpc) is 3.13. The molecule has 1 amide bonds. The number of carboxylic acids is 1. The van der Waals surface area contributed by atoms with E-state index in [1.165, 1.54) is 29.8 Å². The van der Waals surface area contributed by atoms with Crippen molar-refractivity contribution in [3.8, 4) is 9.75 Å². The number of carboxylic acid groups (broad SMARTS) is 1. The molecule has 0 spiro atoms. The number of esters is 1. The lowest BCUT2D eigenvalue weighted by Gasteiger charge is -2.04. The quantitative estimate of drug-likeness (QED) is 0.789. The Kier molecular flexibility index (Phi) is 5.29. The van der Waals surface area contributed by atoms with Crippen LogP contribution in [0.1, 0.15) is 22.5 Å². The normalized spacial score (nSPS) is 10.2. The number of amides is 1. The van der Waals surface area contributed by atoms with Crippen molar-refractivity contribution in [3.05, 3.63) is 28.5 Å². The molecule has 0 radical (unpaired) electrons. The molecule has 0 bridgehead atoms. The highest BCUT2D eigenvalue weighted by Crippen LogP contribution is 2.37. The van der Waals surface area contributed by atoms with Gasteiger partial charge >= 0.3 is 11.9 Å². The molecule has 0 aliphatic carbocycles. The van der Waals surface area contributed by atoms with Crippen molar-refractivity contribution in [2.75, 3.05) is 12.4 Å². The summed E-state index contributed by atoms with van der Waals surface area (Å²) in [6.45, 7) is 0. The predicted molar refractivity (Wildman–Crippen MR) is 84.5 cm³/mol. The van der Waals surface area contributed by atoms with Gasteiger partial charge in [-0.25, -0.2) is 4.79 Å². The second-order valence-corrected chi connectivity index (χ2v) is 6.26. The van der Waals surface area contributed by atoms with Gasteiger partial charge in [0.2, 0.25) is 5.91 Å². The van der Waals surface area contributed by atoms with Crippen LogP contribution in [0.15, 0.2) is 23.6 Å². The molecule has 6 nitrogen and oxygen atoms in total. The number of hydrogen-bond donors (Lipinski definition) is 2. The number of anilines is 1. The van der Waals surface area contributed by atoms with Gasteiger partial charge in [-0.2, -0.15) is 0 Å². The van der Waals surface area contributed by atoms with Crippen LogP contribution >= 0.6 is 22.7 Å². The number of carbonyl (C=O) groups is 3. The van der Waals surface area contributed by atoms with Crippen LogP contribution in [0.2, 0.25) is 0 Å². The number of carbonyl (C=O) groups excluding carboxylic acids is 2. The number of methoxy groups -OCH3 is 1. The van der Waals surface area contributed by atoms with E-state index in [2.05, 4.69) is 5.32 Å². The van der Waals surface area contributed by atoms with Gasteiger partial charge in [-0.15, -0.1) is 22.7 Å². The summed E-state index contributed by atoms with van der Waals surface area (Å²) in [6.07, 6.45) is -0.415. The smallest absolute Gasteiger partial charge is 0.350 e. The number of nitrogens with one attached hydrogen (secondary N) is 1. The lowest BCUT2D eigenvalue weighted by Crippen LogP contribution is -2.14. The third-order valence-electron chi connectivity index (χ3n) is 2.71. The van der Waals surface area contributed by atoms with Crippen molar-refractivity contribution in [3.63, 3.8) is 0 Å². The standard InChI is InChI=1S/C14H13NO5S2/c1-20-14(19)13-8(15-11(16)4-5-12(17)18)7-10(22-13)9-3-2-6-21-9/h2-3,6-7H,4-5H2,1H3,(H,15,16)(H,17,18). The van der Waals surface area contributed by atoms with E-state index in [0.29, 0.717) is 5.69 Å². The van der Waals surface area contributed by atoms with Crippen LogP contribution in [-0.2, 0) is 14.3 Å². The lowest BCUT2D eigenvalue weighted by atomic mass is 10.2. The van der Waals surface area contributed by atoms with Crippen molar-refractivity contribution >= 4 is 46.2 Å². The molecule has 2 aromatic heterocycles. The Bertz CT molecular complexity index is 690. The fourth-order valence-electron chi connectivity index (χ4n) is 1.70. The van der Waals surface area contributed by atoms with Crippen molar-refractivity contribution in [1.29, 1.82) is 0 Å². The first kappa shape index (κ1) is 16.2. The second-order valence-electron chi connectivity index (χ2n) is 4.26. The minimum atomic E-state index is -1.05. The van der Waals surface area contributed by atoms with Crippen molar-refractivity contribution < 1.29 is 24.2 Å². The van der Waals surface area contributed by atoms with E-state index in [1.807, 2.05) is 17.5 Å². The van der Waals surface area contributed by atoms with E-state index in [-0.39, 0.29) is 17.7 Å². The van der Waals surface area contributed by atoms with Crippen LogP contribution in [0.5, 0.6) is 0 Å². The maximum atomic E-state index is 11.8. The summed E-state index contributed by atoms with van der Waals surface area (Å²) in [5.74, 6) is -2.04. The average molecular weight is 339 g/mol. The first-order valence-corrected chi connectivity index (χ1v) is 7.98. The molecule has 2 N–H and O–H groups in total. The monoisotopic (exact) mass is 339 g/mol. The Labute approximate surface area is 134 Å². The molecule has 2 rings (SSSR count). The van der Waals surface area contributed by atoms with Gasteiger partial charge in [-0.3, -0.25) is 9.59 Å². The fraction of sp³-hybridized carbons (Fsp3) is 0.214. The molecule has 116 valence electrons. The summed E-state index contributed by atoms with van der Waals surface area (Å²) in [5, 5.41) is 13.1. The SMILES string of the molecule is COC(=O)c1sc(-c2cccs2)cc1NC(=O)CCC(=O)O. The van der Waals surface area contributed by atoms with E-state index in [1.54, 1.807) is 6.07 Å². The van der Waals surface area contributed by atoms with Gasteiger partial charge in [0.15, 0.2) is 0 Å². The molecule has 0 aromatic carbocycles. The van der Waals surface area contributed by atoms with Crippen LogP contribution in [0.25, 0.3) is 9.75 Å². The largest absolute Gasteiger partial charge is 0.481 e. The molecule has 0 aliphatic rings. The molecule has 0 unspecified atom stereocenters. The van der Waals surface area contributed by atoms with Crippen LogP contribution in [-0.4, -0.2) is 30.1 Å². The van der Waals surface area contributed by atoms with E-state index in [4.69, 9.17) is 9.84 Å². The van der Waals surface area contributed by atoms with E-state index in [0.717, 1.165) is 9.75 Å². The zero-order chi connectivity index (χ0) is 16.1. The summed E-state index contributed by atoms with van der Waals surface area (Å²) < 4.78 is 4.72. The van der Waals surface area contributed by atoms with E-state index in [9.17, 15) is 14.4 Å². The van der Waals surface area contributed by atoms with Crippen molar-refractivity contribution in [2.45, 2.75) is 12.8 Å². The molecular weight excluding hydrogens is 326 g/mol. The van der Waals surface area contributed by atoms with Gasteiger partial charge in [0.25, 0.3) is 0 Å². The molecule has 2 aromatic rings. The van der Waals surface area contributed by atoms with E-state index >= 15 is 0 Å². The molecule has 0 atom stereocenters. The zero-order valence-corrected chi connectivity index (χ0v) is 13.3. The zero-order valence-electron chi connectivity index (χ0n) is 11.6. The minimum absolute atomic E-state index is 0.153. The third kappa shape index (κ3) is 3.92. The summed E-state index contributed by atoms with van der Waals surface area (Å²) in [7, 11) is 1.27.